The molecule has 0 bridgehead atoms. The number of para-hydroxylation sites is 1. The molecule has 0 radical (unpaired) electrons. The van der Waals surface area contributed by atoms with Crippen LogP contribution in [0.1, 0.15) is 30.5 Å². The Labute approximate surface area is 228 Å². The van der Waals surface area contributed by atoms with Crippen LogP contribution < -0.4 is 4.90 Å². The Bertz CT molecular complexity index is 1790. The predicted molar refractivity (Wildman–Crippen MR) is 158 cm³/mol. The monoisotopic (exact) mass is 511 g/mol. The third kappa shape index (κ3) is 3.22. The van der Waals surface area contributed by atoms with Gasteiger partial charge in [-0.1, -0.05) is 86.7 Å². The van der Waals surface area contributed by atoms with E-state index in [0.29, 0.717) is 5.57 Å². The van der Waals surface area contributed by atoms with Crippen molar-refractivity contribution in [3.8, 4) is 0 Å². The molecule has 4 aromatic carbocycles. The van der Waals surface area contributed by atoms with Crippen LogP contribution in [0.3, 0.4) is 0 Å². The van der Waals surface area contributed by atoms with Gasteiger partial charge >= 0.3 is 0 Å². The number of nitrogens with zero attached hydrogens (tertiary/aromatic N) is 2. The van der Waals surface area contributed by atoms with Crippen LogP contribution in [0.25, 0.3) is 16.3 Å². The summed E-state index contributed by atoms with van der Waals surface area (Å²) in [7, 11) is 4.10. The lowest BCUT2D eigenvalue weighted by Gasteiger charge is -2.35. The average Bonchev–Trinajstić information content (AvgIpc) is 3.34. The van der Waals surface area contributed by atoms with Gasteiger partial charge in [-0.3, -0.25) is 4.79 Å². The van der Waals surface area contributed by atoms with Gasteiger partial charge in [0.2, 0.25) is 11.4 Å². The molecule has 0 aromatic heterocycles. The zero-order valence-electron chi connectivity index (χ0n) is 22.6. The van der Waals surface area contributed by atoms with Crippen LogP contribution in [0, 0.1) is 5.92 Å². The number of allylic oxidation sites excluding steroid dienone is 2. The highest BCUT2D eigenvalue weighted by Crippen LogP contribution is 2.52. The first kappa shape index (κ1) is 23.8. The maximum absolute atomic E-state index is 13.9. The fraction of sp³-hybridized carbons (Fsp3) is 0.200. The molecule has 7 rings (SSSR count). The molecule has 2 atom stereocenters. The van der Waals surface area contributed by atoms with Crippen molar-refractivity contribution in [2.45, 2.75) is 25.4 Å². The van der Waals surface area contributed by atoms with Crippen LogP contribution in [-0.4, -0.2) is 41.4 Å². The lowest BCUT2D eigenvalue weighted by atomic mass is 9.69. The number of hydrogen-bond acceptors (Lipinski definition) is 3. The van der Waals surface area contributed by atoms with Crippen LogP contribution in [0.5, 0.6) is 0 Å². The molecule has 4 nitrogen and oxygen atoms in total. The van der Waals surface area contributed by atoms with E-state index in [0.717, 1.165) is 33.8 Å². The standard InChI is InChI=1S/C35H31N2O2/c1-35(2)26-19-18-21-12-8-9-15-23(21)32(26)37(4)28(35)20-25-33(38)30(34(25)39)29-24-16-10-11-17-27(24)36(3)31(29)22-13-6-5-7-14-22/h5-20,25,33,38H,1-4H3/q+1. The Morgan fingerprint density at radius 3 is 2.36 bits per heavy atom. The molecule has 39 heavy (non-hydrogen) atoms. The first-order valence-electron chi connectivity index (χ1n) is 13.5. The van der Waals surface area contributed by atoms with E-state index in [2.05, 4.69) is 85.0 Å². The van der Waals surface area contributed by atoms with Gasteiger partial charge in [-0.15, -0.1) is 0 Å². The van der Waals surface area contributed by atoms with Gasteiger partial charge in [0, 0.05) is 40.7 Å². The maximum atomic E-state index is 13.9. The number of carbonyl (C=O) groups excluding carboxylic acids is 1. The number of likely N-dealkylation sites (N-methyl/N-ethyl adjacent to an activating group) is 1. The number of hydrogen-bond donors (Lipinski definition) is 1. The Kier molecular flexibility index (Phi) is 5.10. The van der Waals surface area contributed by atoms with Gasteiger partial charge < -0.3 is 10.0 Å². The van der Waals surface area contributed by atoms with Gasteiger partial charge in [-0.2, -0.15) is 4.58 Å². The Morgan fingerprint density at radius 2 is 1.59 bits per heavy atom. The number of carbonyl (C=O) groups is 1. The molecule has 0 saturated heterocycles. The second-order valence-electron chi connectivity index (χ2n) is 11.3. The van der Waals surface area contributed by atoms with Crippen molar-refractivity contribution in [2.24, 2.45) is 5.92 Å². The van der Waals surface area contributed by atoms with E-state index >= 15 is 0 Å². The van der Waals surface area contributed by atoms with Crippen molar-refractivity contribution < 1.29 is 14.5 Å². The molecule has 2 unspecified atom stereocenters. The number of aliphatic hydroxyl groups is 1. The van der Waals surface area contributed by atoms with Gasteiger partial charge in [0.15, 0.2) is 5.78 Å². The molecule has 0 amide bonds. The van der Waals surface area contributed by atoms with Gasteiger partial charge in [0.05, 0.1) is 28.8 Å². The number of aliphatic hydroxyl groups excluding tert-OH is 1. The third-order valence-electron chi connectivity index (χ3n) is 8.88. The van der Waals surface area contributed by atoms with E-state index in [-0.39, 0.29) is 11.2 Å². The quantitative estimate of drug-likeness (QED) is 0.256. The van der Waals surface area contributed by atoms with Crippen molar-refractivity contribution in [1.82, 2.24) is 0 Å². The number of rotatable bonds is 2. The average molecular weight is 512 g/mol. The molecular formula is C35H31N2O2+. The number of anilines is 1. The summed E-state index contributed by atoms with van der Waals surface area (Å²) in [6.07, 6.45) is 1.14. The van der Waals surface area contributed by atoms with Gasteiger partial charge in [-0.25, -0.2) is 0 Å². The van der Waals surface area contributed by atoms with Crippen molar-refractivity contribution in [2.75, 3.05) is 19.0 Å². The zero-order valence-corrected chi connectivity index (χ0v) is 22.6. The maximum Gasteiger partial charge on any atom is 0.221 e. The van der Waals surface area contributed by atoms with Gasteiger partial charge in [0.1, 0.15) is 7.05 Å². The molecule has 192 valence electrons. The Morgan fingerprint density at radius 1 is 0.897 bits per heavy atom. The molecular weight excluding hydrogens is 480 g/mol. The predicted octanol–water partition coefficient (Wildman–Crippen LogP) is 6.24. The highest BCUT2D eigenvalue weighted by Gasteiger charge is 2.51. The van der Waals surface area contributed by atoms with Crippen LogP contribution in [0.15, 0.2) is 108 Å². The second kappa shape index (κ2) is 8.36. The first-order valence-corrected chi connectivity index (χ1v) is 13.5. The molecule has 4 aromatic rings. The lowest BCUT2D eigenvalue weighted by molar-refractivity contribution is -0.400. The summed E-state index contributed by atoms with van der Waals surface area (Å²) in [5.74, 6) is -0.589. The molecule has 1 aliphatic carbocycles. The smallest absolute Gasteiger partial charge is 0.221 e. The summed E-state index contributed by atoms with van der Waals surface area (Å²) in [4.78, 5) is 16.1. The summed E-state index contributed by atoms with van der Waals surface area (Å²) < 4.78 is 2.13. The van der Waals surface area contributed by atoms with Crippen molar-refractivity contribution >= 4 is 39.2 Å². The Balaban J connectivity index is 1.33. The summed E-state index contributed by atoms with van der Waals surface area (Å²) in [6, 6.07) is 31.0. The zero-order chi connectivity index (χ0) is 27.1. The summed E-state index contributed by atoms with van der Waals surface area (Å²) in [5.41, 5.74) is 8.54. The minimum atomic E-state index is -0.872. The third-order valence-corrected chi connectivity index (χ3v) is 8.88. The molecule has 1 fully saturated rings. The molecule has 2 aliphatic heterocycles. The fourth-order valence-corrected chi connectivity index (χ4v) is 6.88. The van der Waals surface area contributed by atoms with E-state index in [4.69, 9.17) is 0 Å². The summed E-state index contributed by atoms with van der Waals surface area (Å²) in [5, 5.41) is 14.0. The summed E-state index contributed by atoms with van der Waals surface area (Å²) >= 11 is 0. The number of Topliss-reactive ketones (excluding diaryl/α,β-unsaturated/α-hetero) is 1. The second-order valence-corrected chi connectivity index (χ2v) is 11.3. The molecule has 0 spiro atoms. The highest BCUT2D eigenvalue weighted by molar-refractivity contribution is 6.37. The van der Waals surface area contributed by atoms with E-state index in [1.54, 1.807) is 0 Å². The highest BCUT2D eigenvalue weighted by atomic mass is 16.3. The lowest BCUT2D eigenvalue weighted by Crippen LogP contribution is -2.46. The molecule has 2 heterocycles. The van der Waals surface area contributed by atoms with Gasteiger partial charge in [0.25, 0.3) is 0 Å². The number of benzene rings is 4. The molecule has 3 aliphatic rings. The van der Waals surface area contributed by atoms with Crippen LogP contribution in [0.2, 0.25) is 0 Å². The number of fused-ring (bicyclic) bond motifs is 4. The van der Waals surface area contributed by atoms with Crippen LogP contribution in [-0.2, 0) is 10.2 Å². The molecule has 1 saturated carbocycles. The first-order chi connectivity index (χ1) is 18.8. The number of ketones is 1. The van der Waals surface area contributed by atoms with E-state index in [1.165, 1.54) is 22.0 Å². The minimum Gasteiger partial charge on any atom is -0.387 e. The summed E-state index contributed by atoms with van der Waals surface area (Å²) in [6.45, 7) is 4.41. The SMILES string of the molecule is CN1C(=CC2C(=O)C(=C3C(c4ccccc4)=[N+](C)c4ccccc43)C2O)C(C)(C)c2ccc3ccccc3c21. The van der Waals surface area contributed by atoms with Crippen molar-refractivity contribution in [3.63, 3.8) is 0 Å². The van der Waals surface area contributed by atoms with Gasteiger partial charge in [-0.05, 0) is 29.1 Å². The van der Waals surface area contributed by atoms with E-state index in [1.807, 2.05) is 49.5 Å². The fourth-order valence-electron chi connectivity index (χ4n) is 6.88. The van der Waals surface area contributed by atoms with Crippen molar-refractivity contribution in [1.29, 1.82) is 0 Å². The normalized spacial score (nSPS) is 24.4. The van der Waals surface area contributed by atoms with Crippen LogP contribution >= 0.6 is 0 Å². The minimum absolute atomic E-state index is 0.00597. The molecule has 1 N–H and O–H groups in total. The molecule has 4 heteroatoms. The van der Waals surface area contributed by atoms with E-state index in [9.17, 15) is 9.90 Å². The topological polar surface area (TPSA) is 43.5 Å². The van der Waals surface area contributed by atoms with Crippen molar-refractivity contribution in [3.05, 3.63) is 125 Å². The largest absolute Gasteiger partial charge is 0.387 e. The van der Waals surface area contributed by atoms with E-state index < -0.39 is 12.0 Å². The van der Waals surface area contributed by atoms with Crippen LogP contribution in [0.4, 0.5) is 11.4 Å². The Hall–Kier alpha value is -4.28.